The summed E-state index contributed by atoms with van der Waals surface area (Å²) in [6, 6.07) is 9.40. The van der Waals surface area contributed by atoms with Gasteiger partial charge in [0.05, 0.1) is 5.69 Å². The Bertz CT molecular complexity index is 322. The maximum absolute atomic E-state index is 10.7. The topological polar surface area (TPSA) is 38.7 Å². The van der Waals surface area contributed by atoms with Crippen LogP contribution in [0.25, 0.3) is 0 Å². The summed E-state index contributed by atoms with van der Waals surface area (Å²) in [5, 5.41) is 0. The average Bonchev–Trinajstić information content (AvgIpc) is 2.04. The molecule has 0 aliphatic heterocycles. The van der Waals surface area contributed by atoms with Crippen molar-refractivity contribution in [1.82, 2.24) is 0 Å². The van der Waals surface area contributed by atoms with E-state index >= 15 is 0 Å². The summed E-state index contributed by atoms with van der Waals surface area (Å²) in [5.41, 5.74) is 0.803. The summed E-state index contributed by atoms with van der Waals surface area (Å²) in [4.78, 5) is 4.11. The van der Waals surface area contributed by atoms with Crippen LogP contribution in [0.4, 0.5) is 5.69 Å². The first-order chi connectivity index (χ1) is 6.18. The molecule has 1 rings (SSSR count). The summed E-state index contributed by atoms with van der Waals surface area (Å²) in [6.45, 7) is 3.18. The van der Waals surface area contributed by atoms with E-state index in [9.17, 15) is 4.57 Å². The minimum atomic E-state index is -1.62. The maximum Gasteiger partial charge on any atom is 0.553 e. The molecular formula is C9H11NO2P+. The normalized spacial score (nSPS) is 12.5. The molecule has 1 unspecified atom stereocenters. The van der Waals surface area contributed by atoms with Crippen molar-refractivity contribution in [2.75, 3.05) is 6.66 Å². The molecule has 0 aliphatic rings. The van der Waals surface area contributed by atoms with Crippen molar-refractivity contribution in [2.45, 2.75) is 6.92 Å². The lowest BCUT2D eigenvalue weighted by atomic mass is 10.3. The van der Waals surface area contributed by atoms with Crippen molar-refractivity contribution in [3.63, 3.8) is 0 Å². The molecular weight excluding hydrogens is 185 g/mol. The molecule has 0 radical (unpaired) electrons. The van der Waals surface area contributed by atoms with Crippen molar-refractivity contribution in [1.29, 1.82) is 0 Å². The highest BCUT2D eigenvalue weighted by Crippen LogP contribution is 2.18. The molecule has 0 bridgehead atoms. The van der Waals surface area contributed by atoms with E-state index in [4.69, 9.17) is 4.52 Å². The molecule has 1 atom stereocenters. The van der Waals surface area contributed by atoms with Gasteiger partial charge in [-0.1, -0.05) is 18.2 Å². The van der Waals surface area contributed by atoms with Crippen LogP contribution in [-0.4, -0.2) is 12.6 Å². The van der Waals surface area contributed by atoms with Gasteiger partial charge in [0.1, 0.15) is 0 Å². The van der Waals surface area contributed by atoms with Gasteiger partial charge in [-0.15, -0.1) is 0 Å². The van der Waals surface area contributed by atoms with Crippen LogP contribution < -0.4 is 0 Å². The predicted octanol–water partition coefficient (Wildman–Crippen LogP) is 3.13. The number of aliphatic imine (C=N–C) groups is 1. The third-order valence-corrected chi connectivity index (χ3v) is 1.82. The average molecular weight is 196 g/mol. The molecule has 1 aromatic rings. The zero-order valence-electron chi connectivity index (χ0n) is 7.60. The molecule has 4 heteroatoms. The largest absolute Gasteiger partial charge is 0.553 e. The highest BCUT2D eigenvalue weighted by Gasteiger charge is 2.08. The first kappa shape index (κ1) is 9.87. The van der Waals surface area contributed by atoms with Crippen LogP contribution in [0, 0.1) is 0 Å². The summed E-state index contributed by atoms with van der Waals surface area (Å²) in [7, 11) is -1.62. The van der Waals surface area contributed by atoms with Gasteiger partial charge in [-0.2, -0.15) is 0 Å². The molecule has 0 heterocycles. The van der Waals surface area contributed by atoms with Gasteiger partial charge in [0.15, 0.2) is 6.66 Å². The molecule has 13 heavy (non-hydrogen) atoms. The van der Waals surface area contributed by atoms with E-state index in [-0.39, 0.29) is 0 Å². The summed E-state index contributed by atoms with van der Waals surface area (Å²) >= 11 is 0. The smallest absolute Gasteiger partial charge is 0.239 e. The molecule has 68 valence electrons. The van der Waals surface area contributed by atoms with Crippen LogP contribution in [0.2, 0.25) is 0 Å². The lowest BCUT2D eigenvalue weighted by molar-refractivity contribution is 0.505. The van der Waals surface area contributed by atoms with E-state index in [0.717, 1.165) is 5.69 Å². The van der Waals surface area contributed by atoms with E-state index in [1.54, 1.807) is 6.92 Å². The molecule has 0 amide bonds. The Morgan fingerprint density at radius 3 is 2.54 bits per heavy atom. The second-order valence-electron chi connectivity index (χ2n) is 2.50. The number of para-hydroxylation sites is 1. The second kappa shape index (κ2) is 4.73. The van der Waals surface area contributed by atoms with Gasteiger partial charge in [0, 0.05) is 6.92 Å². The van der Waals surface area contributed by atoms with Crippen LogP contribution in [0.1, 0.15) is 6.92 Å². The molecule has 0 fully saturated rings. The lowest BCUT2D eigenvalue weighted by Gasteiger charge is -1.92. The van der Waals surface area contributed by atoms with Gasteiger partial charge < -0.3 is 0 Å². The lowest BCUT2D eigenvalue weighted by Crippen LogP contribution is -1.89. The van der Waals surface area contributed by atoms with Crippen LogP contribution >= 0.6 is 8.03 Å². The van der Waals surface area contributed by atoms with E-state index in [2.05, 4.69) is 4.99 Å². The Labute approximate surface area is 78.3 Å². The zero-order valence-corrected chi connectivity index (χ0v) is 8.49. The van der Waals surface area contributed by atoms with Crippen molar-refractivity contribution in [3.8, 4) is 0 Å². The van der Waals surface area contributed by atoms with Crippen molar-refractivity contribution >= 4 is 19.6 Å². The Morgan fingerprint density at radius 1 is 1.38 bits per heavy atom. The highest BCUT2D eigenvalue weighted by molar-refractivity contribution is 7.38. The first-order valence-corrected chi connectivity index (χ1v) is 5.50. The van der Waals surface area contributed by atoms with Crippen LogP contribution in [0.3, 0.4) is 0 Å². The molecule has 3 nitrogen and oxygen atoms in total. The minimum Gasteiger partial charge on any atom is -0.239 e. The van der Waals surface area contributed by atoms with Crippen LogP contribution in [0.5, 0.6) is 0 Å². The summed E-state index contributed by atoms with van der Waals surface area (Å²) in [5.74, 6) is 0.426. The Kier molecular flexibility index (Phi) is 3.59. The van der Waals surface area contributed by atoms with Gasteiger partial charge in [-0.25, -0.2) is 9.52 Å². The van der Waals surface area contributed by atoms with Gasteiger partial charge in [-0.05, 0) is 16.7 Å². The zero-order chi connectivity index (χ0) is 9.68. The van der Waals surface area contributed by atoms with Crippen LogP contribution in [0.15, 0.2) is 35.3 Å². The van der Waals surface area contributed by atoms with Crippen molar-refractivity contribution in [2.24, 2.45) is 4.99 Å². The Hall–Kier alpha value is -1.21. The number of rotatable bonds is 2. The number of hydrogen-bond acceptors (Lipinski definition) is 3. The van der Waals surface area contributed by atoms with Gasteiger partial charge in [0.25, 0.3) is 5.90 Å². The summed E-state index contributed by atoms with van der Waals surface area (Å²) in [6.07, 6.45) is 0. The third-order valence-electron chi connectivity index (χ3n) is 1.30. The quantitative estimate of drug-likeness (QED) is 0.414. The monoisotopic (exact) mass is 196 g/mol. The molecule has 0 saturated heterocycles. The summed E-state index contributed by atoms with van der Waals surface area (Å²) < 4.78 is 15.6. The predicted molar refractivity (Wildman–Crippen MR) is 53.8 cm³/mol. The van der Waals surface area contributed by atoms with E-state index in [0.29, 0.717) is 5.90 Å². The van der Waals surface area contributed by atoms with Crippen LogP contribution in [-0.2, 0) is 9.09 Å². The molecule has 0 aliphatic carbocycles. The molecule has 0 saturated carbocycles. The standard InChI is InChI=1S/C9H11NO2P/c1-8(12-13(2)11)10-9-6-4-3-5-7-9/h3-7H,1-2H3/q+1. The fourth-order valence-electron chi connectivity index (χ4n) is 0.891. The van der Waals surface area contributed by atoms with Crippen molar-refractivity contribution < 1.29 is 9.09 Å². The molecule has 0 N–H and O–H groups in total. The van der Waals surface area contributed by atoms with E-state index in [1.165, 1.54) is 6.66 Å². The second-order valence-corrected chi connectivity index (χ2v) is 3.56. The van der Waals surface area contributed by atoms with Crippen molar-refractivity contribution in [3.05, 3.63) is 30.3 Å². The number of hydrogen-bond donors (Lipinski definition) is 0. The highest BCUT2D eigenvalue weighted by atomic mass is 31.1. The first-order valence-electron chi connectivity index (χ1n) is 3.87. The maximum atomic E-state index is 10.7. The van der Waals surface area contributed by atoms with E-state index < -0.39 is 8.03 Å². The third kappa shape index (κ3) is 3.81. The number of benzene rings is 1. The van der Waals surface area contributed by atoms with Gasteiger partial charge in [0.2, 0.25) is 0 Å². The van der Waals surface area contributed by atoms with Gasteiger partial charge in [-0.3, -0.25) is 0 Å². The SMILES string of the molecule is CC(=Nc1ccccc1)O[P+](C)=O. The minimum absolute atomic E-state index is 0.426. The fraction of sp³-hybridized carbons (Fsp3) is 0.222. The Balaban J connectivity index is 2.71. The van der Waals surface area contributed by atoms with Gasteiger partial charge >= 0.3 is 8.03 Å². The van der Waals surface area contributed by atoms with E-state index in [1.807, 2.05) is 30.3 Å². The molecule has 1 aromatic carbocycles. The molecule has 0 aromatic heterocycles. The fourth-order valence-corrected chi connectivity index (χ4v) is 1.30. The number of nitrogens with zero attached hydrogens (tertiary/aromatic N) is 1. The Morgan fingerprint density at radius 2 is 2.00 bits per heavy atom. The molecule has 0 spiro atoms.